The quantitative estimate of drug-likeness (QED) is 0.172. The molecule has 0 unspecified atom stereocenters. The van der Waals surface area contributed by atoms with Crippen LogP contribution in [0, 0.1) is 0 Å². The fourth-order valence-electron chi connectivity index (χ4n) is 7.54. The molecule has 2 heterocycles. The molecule has 0 bridgehead atoms. The maximum absolute atomic E-state index is 5.26. The van der Waals surface area contributed by atoms with Gasteiger partial charge in [0.05, 0.1) is 22.6 Å². The number of aromatic nitrogens is 3. The van der Waals surface area contributed by atoms with Gasteiger partial charge >= 0.3 is 0 Å². The normalized spacial score (nSPS) is 11.5. The van der Waals surface area contributed by atoms with E-state index in [0.29, 0.717) is 5.82 Å². The van der Waals surface area contributed by atoms with E-state index in [1.807, 2.05) is 6.07 Å². The van der Waals surface area contributed by atoms with Crippen molar-refractivity contribution in [1.82, 2.24) is 15.0 Å². The average Bonchev–Trinajstić information content (AvgIpc) is 3.23. The molecule has 3 nitrogen and oxygen atoms in total. The van der Waals surface area contributed by atoms with Crippen molar-refractivity contribution in [3.05, 3.63) is 188 Å². The standard InChI is InChI=1S/C49H31N3/c1-2-15-36(16-3-1)45-30-43(48-40-21-9-6-14-34(40)28-29-44(48)50-45)35-24-26-37(27-25-35)49-51-46(41-22-10-17-32-12-4-7-19-38(32)41)31-47(52-49)42-23-11-18-33-13-5-8-20-39(33)42/h1-31H. The van der Waals surface area contributed by atoms with E-state index < -0.39 is 0 Å². The number of rotatable bonds is 5. The Labute approximate surface area is 301 Å². The zero-order chi connectivity index (χ0) is 34.4. The summed E-state index contributed by atoms with van der Waals surface area (Å²) in [6.07, 6.45) is 0. The monoisotopic (exact) mass is 661 g/mol. The third kappa shape index (κ3) is 5.19. The smallest absolute Gasteiger partial charge is 0.160 e. The van der Waals surface area contributed by atoms with E-state index >= 15 is 0 Å². The second-order valence-electron chi connectivity index (χ2n) is 13.2. The maximum atomic E-state index is 5.26. The molecular weight excluding hydrogens is 631 g/mol. The molecule has 0 spiro atoms. The summed E-state index contributed by atoms with van der Waals surface area (Å²) < 4.78 is 0. The number of pyridine rings is 1. The molecule has 0 saturated carbocycles. The van der Waals surface area contributed by atoms with Gasteiger partial charge in [-0.15, -0.1) is 0 Å². The molecule has 2 aromatic heterocycles. The number of nitrogens with zero attached hydrogens (tertiary/aromatic N) is 3. The van der Waals surface area contributed by atoms with Crippen LogP contribution in [0.4, 0.5) is 0 Å². The van der Waals surface area contributed by atoms with Gasteiger partial charge in [0.1, 0.15) is 0 Å². The molecule has 8 aromatic carbocycles. The minimum absolute atomic E-state index is 0.690. The fourth-order valence-corrected chi connectivity index (χ4v) is 7.54. The van der Waals surface area contributed by atoms with Crippen molar-refractivity contribution < 1.29 is 0 Å². The molecular formula is C49H31N3. The zero-order valence-corrected chi connectivity index (χ0v) is 28.2. The van der Waals surface area contributed by atoms with Gasteiger partial charge < -0.3 is 0 Å². The van der Waals surface area contributed by atoms with Crippen LogP contribution in [-0.2, 0) is 0 Å². The molecule has 10 rings (SSSR count). The van der Waals surface area contributed by atoms with Gasteiger partial charge in [-0.3, -0.25) is 0 Å². The van der Waals surface area contributed by atoms with Gasteiger partial charge in [-0.2, -0.15) is 0 Å². The molecule has 0 aliphatic carbocycles. The third-order valence-corrected chi connectivity index (χ3v) is 10.1. The number of fused-ring (bicyclic) bond motifs is 5. The predicted octanol–water partition coefficient (Wildman–Crippen LogP) is 12.8. The topological polar surface area (TPSA) is 38.7 Å². The Hall–Kier alpha value is -6.97. The number of benzene rings is 8. The Morgan fingerprint density at radius 2 is 0.808 bits per heavy atom. The van der Waals surface area contributed by atoms with Crippen LogP contribution in [0.5, 0.6) is 0 Å². The van der Waals surface area contributed by atoms with Crippen molar-refractivity contribution in [2.24, 2.45) is 0 Å². The molecule has 0 radical (unpaired) electrons. The van der Waals surface area contributed by atoms with E-state index in [1.54, 1.807) is 0 Å². The summed E-state index contributed by atoms with van der Waals surface area (Å²) in [6, 6.07) is 66.2. The van der Waals surface area contributed by atoms with Gasteiger partial charge in [0.15, 0.2) is 5.82 Å². The largest absolute Gasteiger partial charge is 0.248 e. The van der Waals surface area contributed by atoms with Crippen LogP contribution in [0.2, 0.25) is 0 Å². The van der Waals surface area contributed by atoms with Crippen LogP contribution in [0.3, 0.4) is 0 Å². The molecule has 0 N–H and O–H groups in total. The van der Waals surface area contributed by atoms with E-state index in [4.69, 9.17) is 15.0 Å². The van der Waals surface area contributed by atoms with Crippen LogP contribution in [0.15, 0.2) is 188 Å². The molecule has 10 aromatic rings. The Balaban J connectivity index is 1.16. The van der Waals surface area contributed by atoms with E-state index in [9.17, 15) is 0 Å². The first kappa shape index (κ1) is 29.9. The Bertz CT molecular complexity index is 2840. The summed E-state index contributed by atoms with van der Waals surface area (Å²) in [7, 11) is 0. The summed E-state index contributed by atoms with van der Waals surface area (Å²) in [6.45, 7) is 0. The number of hydrogen-bond donors (Lipinski definition) is 0. The molecule has 0 aliphatic rings. The summed E-state index contributed by atoms with van der Waals surface area (Å²) in [5.74, 6) is 0.690. The average molecular weight is 662 g/mol. The maximum Gasteiger partial charge on any atom is 0.160 e. The van der Waals surface area contributed by atoms with Gasteiger partial charge in [-0.05, 0) is 61.6 Å². The second kappa shape index (κ2) is 12.4. The van der Waals surface area contributed by atoms with Gasteiger partial charge in [0.2, 0.25) is 0 Å². The Morgan fingerprint density at radius 3 is 1.44 bits per heavy atom. The van der Waals surface area contributed by atoms with Crippen LogP contribution < -0.4 is 0 Å². The van der Waals surface area contributed by atoms with Crippen LogP contribution in [0.1, 0.15) is 0 Å². The van der Waals surface area contributed by atoms with E-state index in [0.717, 1.165) is 61.4 Å². The minimum Gasteiger partial charge on any atom is -0.248 e. The summed E-state index contributed by atoms with van der Waals surface area (Å²) in [4.78, 5) is 15.7. The predicted molar refractivity (Wildman–Crippen MR) is 217 cm³/mol. The van der Waals surface area contributed by atoms with Crippen molar-refractivity contribution in [3.8, 4) is 56.3 Å². The molecule has 52 heavy (non-hydrogen) atoms. The zero-order valence-electron chi connectivity index (χ0n) is 28.2. The van der Waals surface area contributed by atoms with E-state index in [2.05, 4.69) is 182 Å². The van der Waals surface area contributed by atoms with Crippen molar-refractivity contribution in [1.29, 1.82) is 0 Å². The lowest BCUT2D eigenvalue weighted by molar-refractivity contribution is 1.19. The molecule has 0 saturated heterocycles. The van der Waals surface area contributed by atoms with Crippen LogP contribution in [-0.4, -0.2) is 15.0 Å². The van der Waals surface area contributed by atoms with Gasteiger partial charge in [-0.25, -0.2) is 15.0 Å². The Morgan fingerprint density at radius 1 is 0.288 bits per heavy atom. The molecule has 0 amide bonds. The molecule has 0 atom stereocenters. The summed E-state index contributed by atoms with van der Waals surface area (Å²) in [5, 5.41) is 8.24. The summed E-state index contributed by atoms with van der Waals surface area (Å²) >= 11 is 0. The van der Waals surface area contributed by atoms with Crippen molar-refractivity contribution >= 4 is 43.2 Å². The lowest BCUT2D eigenvalue weighted by Crippen LogP contribution is -1.97. The lowest BCUT2D eigenvalue weighted by Gasteiger charge is -2.14. The first-order valence-electron chi connectivity index (χ1n) is 17.6. The molecule has 3 heteroatoms. The highest BCUT2D eigenvalue weighted by atomic mass is 14.9. The molecule has 0 aliphatic heterocycles. The number of hydrogen-bond acceptors (Lipinski definition) is 3. The highest BCUT2D eigenvalue weighted by molar-refractivity contribution is 6.14. The second-order valence-corrected chi connectivity index (χ2v) is 13.2. The minimum atomic E-state index is 0.690. The van der Waals surface area contributed by atoms with Crippen molar-refractivity contribution in [2.45, 2.75) is 0 Å². The summed E-state index contributed by atoms with van der Waals surface area (Å²) in [5.41, 5.74) is 10.2. The van der Waals surface area contributed by atoms with Crippen molar-refractivity contribution in [2.75, 3.05) is 0 Å². The lowest BCUT2D eigenvalue weighted by atomic mass is 9.94. The highest BCUT2D eigenvalue weighted by Crippen LogP contribution is 2.38. The SMILES string of the molecule is c1ccc(-c2cc(-c3ccc(-c4nc(-c5cccc6ccccc56)cc(-c5cccc6ccccc56)n4)cc3)c3c(ccc4ccccc43)n2)cc1. The highest BCUT2D eigenvalue weighted by Gasteiger charge is 2.16. The molecule has 0 fully saturated rings. The van der Waals surface area contributed by atoms with E-state index in [-0.39, 0.29) is 0 Å². The van der Waals surface area contributed by atoms with E-state index in [1.165, 1.54) is 32.3 Å². The van der Waals surface area contributed by atoms with Gasteiger partial charge in [0.25, 0.3) is 0 Å². The van der Waals surface area contributed by atoms with Crippen LogP contribution >= 0.6 is 0 Å². The third-order valence-electron chi connectivity index (χ3n) is 10.1. The first-order valence-corrected chi connectivity index (χ1v) is 17.6. The van der Waals surface area contributed by atoms with Crippen LogP contribution in [0.25, 0.3) is 99.5 Å². The fraction of sp³-hybridized carbons (Fsp3) is 0. The Kier molecular flexibility index (Phi) is 7.14. The first-order chi connectivity index (χ1) is 25.8. The molecule has 242 valence electrons. The van der Waals surface area contributed by atoms with Crippen molar-refractivity contribution in [3.63, 3.8) is 0 Å². The van der Waals surface area contributed by atoms with Gasteiger partial charge in [-0.1, -0.05) is 170 Å². The van der Waals surface area contributed by atoms with Gasteiger partial charge in [0, 0.05) is 27.6 Å².